The second-order valence-electron chi connectivity index (χ2n) is 5.32. The number of sulfonamides is 1. The number of hydrogen-bond acceptors (Lipinski definition) is 3. The normalized spacial score (nSPS) is 14.7. The van der Waals surface area contributed by atoms with Crippen molar-refractivity contribution in [2.24, 2.45) is 0 Å². The van der Waals surface area contributed by atoms with Gasteiger partial charge in [-0.1, -0.05) is 0 Å². The van der Waals surface area contributed by atoms with Gasteiger partial charge in [0.15, 0.2) is 11.6 Å². The maximum atomic E-state index is 13.6. The van der Waals surface area contributed by atoms with Crippen molar-refractivity contribution in [1.29, 1.82) is 0 Å². The first-order chi connectivity index (χ1) is 10.9. The first kappa shape index (κ1) is 16.0. The van der Waals surface area contributed by atoms with Crippen LogP contribution in [0.4, 0.5) is 13.2 Å². The summed E-state index contributed by atoms with van der Waals surface area (Å²) in [6, 6.07) is 0.532. The van der Waals surface area contributed by atoms with Crippen LogP contribution >= 0.6 is 0 Å². The van der Waals surface area contributed by atoms with E-state index in [1.54, 1.807) is 6.20 Å². The Morgan fingerprint density at radius 2 is 1.87 bits per heavy atom. The number of benzene rings is 1. The standard InChI is InChI=1S/C14H14F3N3O2S/c15-10-5-12(17)13(6-11(10)16)23(21,22)18-7-9-8-20-4-2-1-3-14(20)19-9/h5-6,8,18H,1-4,7H2. The topological polar surface area (TPSA) is 64.0 Å². The van der Waals surface area contributed by atoms with Gasteiger partial charge in [-0.15, -0.1) is 0 Å². The van der Waals surface area contributed by atoms with Crippen LogP contribution in [0.1, 0.15) is 24.4 Å². The molecule has 0 bridgehead atoms. The molecule has 0 aliphatic carbocycles. The van der Waals surface area contributed by atoms with Crippen LogP contribution in [0.3, 0.4) is 0 Å². The molecule has 0 saturated carbocycles. The van der Waals surface area contributed by atoms with Crippen LogP contribution < -0.4 is 4.72 Å². The Morgan fingerprint density at radius 1 is 1.13 bits per heavy atom. The Morgan fingerprint density at radius 3 is 2.61 bits per heavy atom. The Kier molecular flexibility index (Phi) is 4.15. The number of fused-ring (bicyclic) bond motifs is 1. The number of aromatic nitrogens is 2. The summed E-state index contributed by atoms with van der Waals surface area (Å²) in [5, 5.41) is 0. The lowest BCUT2D eigenvalue weighted by atomic mass is 10.2. The quantitative estimate of drug-likeness (QED) is 0.864. The molecule has 2 heterocycles. The Bertz CT molecular complexity index is 826. The molecule has 0 spiro atoms. The van der Waals surface area contributed by atoms with Crippen molar-refractivity contribution in [2.75, 3.05) is 0 Å². The molecule has 1 N–H and O–H groups in total. The molecule has 1 aromatic carbocycles. The molecule has 0 amide bonds. The highest BCUT2D eigenvalue weighted by atomic mass is 32.2. The predicted molar refractivity (Wildman–Crippen MR) is 75.5 cm³/mol. The van der Waals surface area contributed by atoms with Crippen molar-refractivity contribution in [3.05, 3.63) is 47.3 Å². The van der Waals surface area contributed by atoms with Crippen LogP contribution in [0, 0.1) is 17.5 Å². The van der Waals surface area contributed by atoms with Crippen LogP contribution in [0.15, 0.2) is 23.2 Å². The van der Waals surface area contributed by atoms with Crippen molar-refractivity contribution in [2.45, 2.75) is 37.2 Å². The Balaban J connectivity index is 1.79. The SMILES string of the molecule is O=S(=O)(NCc1cn2c(n1)CCCC2)c1cc(F)c(F)cc1F. The summed E-state index contributed by atoms with van der Waals surface area (Å²) in [6.07, 6.45) is 4.63. The van der Waals surface area contributed by atoms with Crippen LogP contribution in [-0.4, -0.2) is 18.0 Å². The van der Waals surface area contributed by atoms with E-state index in [0.717, 1.165) is 31.6 Å². The Hall–Kier alpha value is -1.87. The molecule has 1 aliphatic rings. The van der Waals surface area contributed by atoms with E-state index in [-0.39, 0.29) is 12.6 Å². The van der Waals surface area contributed by atoms with E-state index in [1.165, 1.54) is 0 Å². The minimum atomic E-state index is -4.31. The highest BCUT2D eigenvalue weighted by molar-refractivity contribution is 7.89. The van der Waals surface area contributed by atoms with Crippen LogP contribution in [0.2, 0.25) is 0 Å². The van der Waals surface area contributed by atoms with Crippen molar-refractivity contribution in [1.82, 2.24) is 14.3 Å². The fraction of sp³-hybridized carbons (Fsp3) is 0.357. The van der Waals surface area contributed by atoms with Crippen molar-refractivity contribution in [3.8, 4) is 0 Å². The smallest absolute Gasteiger partial charge is 0.243 e. The molecule has 0 radical (unpaired) electrons. The predicted octanol–water partition coefficient (Wildman–Crippen LogP) is 2.12. The van der Waals surface area contributed by atoms with Crippen LogP contribution in [0.5, 0.6) is 0 Å². The average molecular weight is 345 g/mol. The summed E-state index contributed by atoms with van der Waals surface area (Å²) in [5.74, 6) is -3.34. The summed E-state index contributed by atoms with van der Waals surface area (Å²) >= 11 is 0. The zero-order valence-corrected chi connectivity index (χ0v) is 12.8. The molecule has 0 fully saturated rings. The van der Waals surface area contributed by atoms with Gasteiger partial charge in [0.1, 0.15) is 16.5 Å². The van der Waals surface area contributed by atoms with E-state index in [2.05, 4.69) is 9.71 Å². The minimum Gasteiger partial charge on any atom is -0.335 e. The van der Waals surface area contributed by atoms with Crippen molar-refractivity contribution in [3.63, 3.8) is 0 Å². The second-order valence-corrected chi connectivity index (χ2v) is 7.06. The molecule has 0 atom stereocenters. The van der Waals surface area contributed by atoms with Gasteiger partial charge in [0.2, 0.25) is 10.0 Å². The van der Waals surface area contributed by atoms with E-state index in [4.69, 9.17) is 0 Å². The van der Waals surface area contributed by atoms with Crippen LogP contribution in [0.25, 0.3) is 0 Å². The molecule has 0 saturated heterocycles. The third-order valence-corrected chi connectivity index (χ3v) is 5.08. The van der Waals surface area contributed by atoms with Crippen molar-refractivity contribution >= 4 is 10.0 Å². The van der Waals surface area contributed by atoms with Gasteiger partial charge >= 0.3 is 0 Å². The monoisotopic (exact) mass is 345 g/mol. The number of rotatable bonds is 4. The second kappa shape index (κ2) is 5.97. The largest absolute Gasteiger partial charge is 0.335 e. The third-order valence-electron chi connectivity index (χ3n) is 3.67. The molecule has 5 nitrogen and oxygen atoms in total. The molecule has 2 aromatic rings. The summed E-state index contributed by atoms with van der Waals surface area (Å²) in [5.41, 5.74) is 0.494. The molecule has 124 valence electrons. The van der Waals surface area contributed by atoms with Gasteiger partial charge in [0, 0.05) is 25.2 Å². The zero-order valence-electron chi connectivity index (χ0n) is 12.0. The lowest BCUT2D eigenvalue weighted by Gasteiger charge is -2.11. The number of imidazole rings is 1. The van der Waals surface area contributed by atoms with E-state index in [1.807, 2.05) is 4.57 Å². The van der Waals surface area contributed by atoms with E-state index in [9.17, 15) is 21.6 Å². The summed E-state index contributed by atoms with van der Waals surface area (Å²) in [7, 11) is -4.31. The maximum Gasteiger partial charge on any atom is 0.243 e. The third kappa shape index (κ3) is 3.25. The number of nitrogens with one attached hydrogen (secondary N) is 1. The first-order valence-corrected chi connectivity index (χ1v) is 8.54. The molecule has 0 unspecified atom stereocenters. The number of halogens is 3. The van der Waals surface area contributed by atoms with Gasteiger partial charge in [0.25, 0.3) is 0 Å². The lowest BCUT2D eigenvalue weighted by Crippen LogP contribution is -2.24. The van der Waals surface area contributed by atoms with Crippen molar-refractivity contribution < 1.29 is 21.6 Å². The summed E-state index contributed by atoms with van der Waals surface area (Å²) in [6.45, 7) is 0.674. The molecule has 1 aromatic heterocycles. The Labute approximate surface area is 131 Å². The van der Waals surface area contributed by atoms with Crippen LogP contribution in [-0.2, 0) is 29.5 Å². The maximum absolute atomic E-state index is 13.6. The molecule has 3 rings (SSSR count). The average Bonchev–Trinajstić information content (AvgIpc) is 2.92. The fourth-order valence-electron chi connectivity index (χ4n) is 2.51. The van der Waals surface area contributed by atoms with E-state index < -0.39 is 32.4 Å². The fourth-order valence-corrected chi connectivity index (χ4v) is 3.58. The zero-order chi connectivity index (χ0) is 16.6. The summed E-state index contributed by atoms with van der Waals surface area (Å²) in [4.78, 5) is 3.38. The lowest BCUT2D eigenvalue weighted by molar-refractivity contribution is 0.481. The molecular formula is C14H14F3N3O2S. The van der Waals surface area contributed by atoms with E-state index >= 15 is 0 Å². The van der Waals surface area contributed by atoms with E-state index in [0.29, 0.717) is 11.8 Å². The number of nitrogens with zero attached hydrogens (tertiary/aromatic N) is 2. The summed E-state index contributed by atoms with van der Waals surface area (Å²) < 4.78 is 67.9. The molecular weight excluding hydrogens is 331 g/mol. The van der Waals surface area contributed by atoms with Gasteiger partial charge < -0.3 is 4.57 Å². The molecule has 23 heavy (non-hydrogen) atoms. The highest BCUT2D eigenvalue weighted by Gasteiger charge is 2.22. The number of hydrogen-bond donors (Lipinski definition) is 1. The van der Waals surface area contributed by atoms with Gasteiger partial charge in [-0.2, -0.15) is 0 Å². The van der Waals surface area contributed by atoms with Gasteiger partial charge in [-0.05, 0) is 18.9 Å². The number of aryl methyl sites for hydroxylation is 2. The van der Waals surface area contributed by atoms with Gasteiger partial charge in [0.05, 0.1) is 12.2 Å². The van der Waals surface area contributed by atoms with Gasteiger partial charge in [-0.25, -0.2) is 31.3 Å². The van der Waals surface area contributed by atoms with Gasteiger partial charge in [-0.3, -0.25) is 0 Å². The highest BCUT2D eigenvalue weighted by Crippen LogP contribution is 2.19. The molecule has 9 heteroatoms. The minimum absolute atomic E-state index is 0.152. The first-order valence-electron chi connectivity index (χ1n) is 7.06. The molecule has 1 aliphatic heterocycles.